The molecule has 0 saturated heterocycles. The molecular weight excluding hydrogens is 168 g/mol. The second-order valence-electron chi connectivity index (χ2n) is 1.80. The van der Waals surface area contributed by atoms with Crippen molar-refractivity contribution in [1.29, 1.82) is 0 Å². The van der Waals surface area contributed by atoms with Crippen LogP contribution in [0.25, 0.3) is 0 Å². The molecule has 0 aliphatic carbocycles. The molecule has 2 N–H and O–H groups in total. The Labute approximate surface area is 70.2 Å². The van der Waals surface area contributed by atoms with Gasteiger partial charge in [0.15, 0.2) is 10.1 Å². The van der Waals surface area contributed by atoms with Crippen LogP contribution in [0.4, 0.5) is 0 Å². The van der Waals surface area contributed by atoms with Gasteiger partial charge in [0.1, 0.15) is 0 Å². The van der Waals surface area contributed by atoms with E-state index in [-0.39, 0.29) is 10.1 Å². The van der Waals surface area contributed by atoms with Gasteiger partial charge < -0.3 is 10.2 Å². The number of aliphatic hydroxyl groups is 2. The summed E-state index contributed by atoms with van der Waals surface area (Å²) in [6.45, 7) is 3.46. The Morgan fingerprint density at radius 2 is 1.70 bits per heavy atom. The molecule has 0 atom stereocenters. The second kappa shape index (κ2) is 4.35. The van der Waals surface area contributed by atoms with E-state index in [1.807, 2.05) is 0 Å². The Morgan fingerprint density at radius 1 is 1.20 bits per heavy atom. The van der Waals surface area contributed by atoms with Crippen LogP contribution in [0, 0.1) is 0 Å². The average molecular weight is 176 g/mol. The van der Waals surface area contributed by atoms with E-state index < -0.39 is 0 Å². The highest BCUT2D eigenvalue weighted by molar-refractivity contribution is 7.80. The van der Waals surface area contributed by atoms with Crippen molar-refractivity contribution in [2.45, 2.75) is 12.8 Å². The normalized spacial score (nSPS) is 8.80. The van der Waals surface area contributed by atoms with Crippen molar-refractivity contribution < 1.29 is 10.2 Å². The maximum Gasteiger partial charge on any atom is 0.183 e. The highest BCUT2D eigenvalue weighted by atomic mass is 32.1. The van der Waals surface area contributed by atoms with Gasteiger partial charge in [-0.05, 0) is 36.4 Å². The third-order valence-electron chi connectivity index (χ3n) is 0.943. The smallest absolute Gasteiger partial charge is 0.183 e. The van der Waals surface area contributed by atoms with Crippen molar-refractivity contribution in [3.8, 4) is 0 Å². The molecular formula is C6H8O2S2. The zero-order valence-electron chi connectivity index (χ0n) is 5.33. The van der Waals surface area contributed by atoms with Gasteiger partial charge in [-0.3, -0.25) is 0 Å². The molecule has 0 aliphatic heterocycles. The number of rotatable bonds is 4. The van der Waals surface area contributed by atoms with Gasteiger partial charge in [-0.2, -0.15) is 0 Å². The summed E-state index contributed by atoms with van der Waals surface area (Å²) in [4.78, 5) is 0. The minimum absolute atomic E-state index is 0.0857. The van der Waals surface area contributed by atoms with Crippen molar-refractivity contribution in [2.24, 2.45) is 0 Å². The van der Waals surface area contributed by atoms with E-state index in [9.17, 15) is 0 Å². The lowest BCUT2D eigenvalue weighted by atomic mass is 10.2. The van der Waals surface area contributed by atoms with Gasteiger partial charge in [0.05, 0.1) is 0 Å². The first kappa shape index (κ1) is 9.52. The molecule has 2 nitrogen and oxygen atoms in total. The van der Waals surface area contributed by atoms with E-state index in [1.165, 1.54) is 0 Å². The fraction of sp³-hybridized carbons (Fsp3) is 0.333. The Morgan fingerprint density at radius 3 is 2.00 bits per heavy atom. The van der Waals surface area contributed by atoms with E-state index in [1.54, 1.807) is 0 Å². The van der Waals surface area contributed by atoms with E-state index in [0.29, 0.717) is 18.4 Å². The van der Waals surface area contributed by atoms with E-state index >= 15 is 0 Å². The molecule has 0 heterocycles. The molecule has 0 unspecified atom stereocenters. The molecule has 10 heavy (non-hydrogen) atoms. The summed E-state index contributed by atoms with van der Waals surface area (Å²) in [5.74, 6) is 0. The molecule has 4 heteroatoms. The summed E-state index contributed by atoms with van der Waals surface area (Å²) in [5, 5.41) is 16.9. The zero-order valence-corrected chi connectivity index (χ0v) is 6.97. The van der Waals surface area contributed by atoms with Gasteiger partial charge >= 0.3 is 0 Å². The van der Waals surface area contributed by atoms with Crippen LogP contribution in [-0.2, 0) is 0 Å². The van der Waals surface area contributed by atoms with Gasteiger partial charge in [0.2, 0.25) is 0 Å². The molecule has 0 aliphatic rings. The first-order chi connectivity index (χ1) is 4.54. The molecule has 0 radical (unpaired) electrons. The summed E-state index contributed by atoms with van der Waals surface area (Å²) >= 11 is 8.79. The van der Waals surface area contributed by atoms with Crippen molar-refractivity contribution >= 4 is 34.5 Å². The average Bonchev–Trinajstić information content (AvgIpc) is 1.82. The third-order valence-corrected chi connectivity index (χ3v) is 1.44. The third kappa shape index (κ3) is 4.40. The molecule has 0 bridgehead atoms. The Bertz CT molecular complexity index is 175. The lowest BCUT2D eigenvalue weighted by molar-refractivity contribution is 0.544. The van der Waals surface area contributed by atoms with Crippen molar-refractivity contribution in [3.63, 3.8) is 0 Å². The van der Waals surface area contributed by atoms with Gasteiger partial charge in [-0.15, -0.1) is 0 Å². The molecule has 0 amide bonds. The van der Waals surface area contributed by atoms with E-state index in [0.717, 1.165) is 0 Å². The van der Waals surface area contributed by atoms with Gasteiger partial charge in [0, 0.05) is 6.42 Å². The standard InChI is InChI=1S/C6H8O2S2/c1-4(6(8)10)2-3-5(7)9/h1-3H2,(H,7,9)(H,8,10). The zero-order chi connectivity index (χ0) is 8.15. The van der Waals surface area contributed by atoms with Crippen molar-refractivity contribution in [3.05, 3.63) is 12.2 Å². The summed E-state index contributed by atoms with van der Waals surface area (Å²) in [7, 11) is 0. The predicted molar refractivity (Wildman–Crippen MR) is 48.8 cm³/mol. The topological polar surface area (TPSA) is 40.5 Å². The van der Waals surface area contributed by atoms with Crippen molar-refractivity contribution in [1.82, 2.24) is 0 Å². The SMILES string of the molecule is C=C(CCC(O)=S)C(O)=S. The first-order valence-electron chi connectivity index (χ1n) is 2.67. The molecule has 0 aromatic heterocycles. The molecule has 0 fully saturated rings. The van der Waals surface area contributed by atoms with Crippen LogP contribution in [0.1, 0.15) is 12.8 Å². The molecule has 0 saturated carbocycles. The van der Waals surface area contributed by atoms with Crippen LogP contribution in [0.5, 0.6) is 0 Å². The summed E-state index contributed by atoms with van der Waals surface area (Å²) < 4.78 is 0. The Kier molecular flexibility index (Phi) is 4.14. The van der Waals surface area contributed by atoms with Gasteiger partial charge in [0.25, 0.3) is 0 Å². The maximum atomic E-state index is 8.64. The summed E-state index contributed by atoms with van der Waals surface area (Å²) in [6, 6.07) is 0. The maximum absolute atomic E-state index is 8.64. The van der Waals surface area contributed by atoms with Crippen molar-refractivity contribution in [2.75, 3.05) is 0 Å². The highest BCUT2D eigenvalue weighted by Gasteiger charge is 2.00. The lowest BCUT2D eigenvalue weighted by Gasteiger charge is -1.98. The molecule has 56 valence electrons. The number of thiocarbonyl (C=S) groups is 2. The highest BCUT2D eigenvalue weighted by Crippen LogP contribution is 2.03. The van der Waals surface area contributed by atoms with Crippen LogP contribution in [0.15, 0.2) is 12.2 Å². The second-order valence-corrected chi connectivity index (χ2v) is 2.66. The first-order valence-corrected chi connectivity index (χ1v) is 3.48. The molecule has 0 rings (SSSR count). The van der Waals surface area contributed by atoms with E-state index in [2.05, 4.69) is 31.0 Å². The largest absolute Gasteiger partial charge is 0.502 e. The lowest BCUT2D eigenvalue weighted by Crippen LogP contribution is -1.99. The van der Waals surface area contributed by atoms with Crippen LogP contribution < -0.4 is 0 Å². The summed E-state index contributed by atoms with van der Waals surface area (Å²) in [5.41, 5.74) is 0.436. The predicted octanol–water partition coefficient (Wildman–Crippen LogP) is 2.09. The van der Waals surface area contributed by atoms with Crippen LogP contribution in [0.3, 0.4) is 0 Å². The quantitative estimate of drug-likeness (QED) is 0.508. The monoisotopic (exact) mass is 176 g/mol. The van der Waals surface area contributed by atoms with E-state index in [4.69, 9.17) is 10.2 Å². The fourth-order valence-corrected chi connectivity index (χ4v) is 0.569. The molecule has 0 spiro atoms. The van der Waals surface area contributed by atoms with Gasteiger partial charge in [-0.1, -0.05) is 6.58 Å². The minimum atomic E-state index is -0.212. The fourth-order valence-electron chi connectivity index (χ4n) is 0.365. The molecule has 0 aromatic carbocycles. The minimum Gasteiger partial charge on any atom is -0.502 e. The molecule has 0 aromatic rings. The van der Waals surface area contributed by atoms with Crippen LogP contribution in [0.2, 0.25) is 0 Å². The Balaban J connectivity index is 3.60. The van der Waals surface area contributed by atoms with Crippen LogP contribution in [-0.4, -0.2) is 20.3 Å². The van der Waals surface area contributed by atoms with Crippen LogP contribution >= 0.6 is 24.4 Å². The number of hydrogen-bond acceptors (Lipinski definition) is 2. The number of hydrogen-bond donors (Lipinski definition) is 2. The number of aliphatic hydroxyl groups excluding tert-OH is 2. The Hall–Kier alpha value is -0.480. The summed E-state index contributed by atoms with van der Waals surface area (Å²) in [6.07, 6.45) is 0.750. The van der Waals surface area contributed by atoms with Gasteiger partial charge in [-0.25, -0.2) is 0 Å².